The summed E-state index contributed by atoms with van der Waals surface area (Å²) in [5.74, 6) is 0.919. The number of hydrogen-bond donors (Lipinski definition) is 2. The summed E-state index contributed by atoms with van der Waals surface area (Å²) in [6.45, 7) is 0. The van der Waals surface area contributed by atoms with Crippen LogP contribution in [-0.2, 0) is 10.0 Å². The number of hydrogen-bond acceptors (Lipinski definition) is 6. The van der Waals surface area contributed by atoms with E-state index >= 15 is 0 Å². The minimum Gasteiger partial charge on any atom is -0.345 e. The van der Waals surface area contributed by atoms with Crippen LogP contribution in [0.4, 0.5) is 0 Å². The van der Waals surface area contributed by atoms with Gasteiger partial charge in [-0.05, 0) is 49.6 Å². The zero-order valence-corrected chi connectivity index (χ0v) is 16.8. The molecule has 9 nitrogen and oxygen atoms in total. The first-order valence-corrected chi connectivity index (χ1v) is 11.2. The minimum atomic E-state index is -3.66. The molecule has 30 heavy (non-hydrogen) atoms. The Morgan fingerprint density at radius 2 is 2.00 bits per heavy atom. The third kappa shape index (κ3) is 3.22. The number of aromatic amines is 1. The molecule has 5 rings (SSSR count). The summed E-state index contributed by atoms with van der Waals surface area (Å²) in [7, 11) is -3.66. The van der Waals surface area contributed by atoms with Gasteiger partial charge in [-0.1, -0.05) is 6.42 Å². The molecule has 2 atom stereocenters. The van der Waals surface area contributed by atoms with Gasteiger partial charge in [0.15, 0.2) is 11.3 Å². The number of nitriles is 1. The normalized spacial score (nSPS) is 19.8. The molecule has 2 N–H and O–H groups in total. The molecule has 1 saturated carbocycles. The van der Waals surface area contributed by atoms with E-state index in [1.165, 1.54) is 24.3 Å². The van der Waals surface area contributed by atoms with Gasteiger partial charge in [0.1, 0.15) is 5.82 Å². The average Bonchev–Trinajstić information content (AvgIpc) is 3.40. The molecule has 1 aliphatic carbocycles. The Balaban J connectivity index is 1.40. The highest BCUT2D eigenvalue weighted by Gasteiger charge is 2.30. The van der Waals surface area contributed by atoms with Crippen LogP contribution in [0.25, 0.3) is 16.8 Å². The first-order chi connectivity index (χ1) is 14.5. The van der Waals surface area contributed by atoms with Crippen LogP contribution >= 0.6 is 0 Å². The highest BCUT2D eigenvalue weighted by Crippen LogP contribution is 2.33. The zero-order valence-electron chi connectivity index (χ0n) is 16.0. The fourth-order valence-corrected chi connectivity index (χ4v) is 5.47. The molecule has 3 heterocycles. The van der Waals surface area contributed by atoms with E-state index in [0.29, 0.717) is 17.6 Å². The van der Waals surface area contributed by atoms with Gasteiger partial charge in [-0.25, -0.2) is 18.1 Å². The number of fused-ring (bicyclic) bond motifs is 3. The molecule has 1 aromatic carbocycles. The van der Waals surface area contributed by atoms with Crippen molar-refractivity contribution in [2.24, 2.45) is 0 Å². The average molecular weight is 421 g/mol. The Hall–Kier alpha value is -3.29. The molecule has 0 amide bonds. The highest BCUT2D eigenvalue weighted by molar-refractivity contribution is 7.89. The fourth-order valence-electron chi connectivity index (χ4n) is 4.19. The predicted molar refractivity (Wildman–Crippen MR) is 109 cm³/mol. The van der Waals surface area contributed by atoms with Crippen LogP contribution in [0.1, 0.15) is 43.0 Å². The van der Waals surface area contributed by atoms with Gasteiger partial charge >= 0.3 is 0 Å². The molecule has 10 heteroatoms. The molecule has 1 fully saturated rings. The number of rotatable bonds is 4. The van der Waals surface area contributed by atoms with Gasteiger partial charge in [0, 0.05) is 18.2 Å². The summed E-state index contributed by atoms with van der Waals surface area (Å²) in [4.78, 5) is 7.61. The van der Waals surface area contributed by atoms with E-state index in [-0.39, 0.29) is 16.9 Å². The predicted octanol–water partition coefficient (Wildman–Crippen LogP) is 2.48. The number of sulfonamides is 1. The number of H-pyrrole nitrogens is 1. The lowest BCUT2D eigenvalue weighted by Crippen LogP contribution is -2.38. The number of nitrogens with zero attached hydrogens (tertiary/aromatic N) is 5. The van der Waals surface area contributed by atoms with Gasteiger partial charge in [0.2, 0.25) is 10.0 Å². The maximum atomic E-state index is 12.8. The van der Waals surface area contributed by atoms with Gasteiger partial charge in [0.05, 0.1) is 28.2 Å². The minimum absolute atomic E-state index is 0.0860. The van der Waals surface area contributed by atoms with Crippen LogP contribution in [0.3, 0.4) is 0 Å². The lowest BCUT2D eigenvalue weighted by atomic mass is 9.85. The van der Waals surface area contributed by atoms with Gasteiger partial charge in [-0.3, -0.25) is 4.40 Å². The van der Waals surface area contributed by atoms with E-state index in [0.717, 1.165) is 36.3 Å². The van der Waals surface area contributed by atoms with E-state index in [1.54, 1.807) is 6.20 Å². The molecule has 1 aliphatic rings. The maximum absolute atomic E-state index is 12.8. The Morgan fingerprint density at radius 3 is 2.80 bits per heavy atom. The standard InChI is InChI=1S/C20H19N7O2S/c21-11-13-4-6-16(7-5-13)30(28,29)26-15-3-1-2-14(10-15)20-25-24-18-12-23-19-17(27(18)20)8-9-22-19/h4-9,12,14-15,22,26H,1-3,10H2/t14-,15+/m1/s1. The lowest BCUT2D eigenvalue weighted by molar-refractivity contribution is 0.361. The van der Waals surface area contributed by atoms with Crippen molar-refractivity contribution in [1.29, 1.82) is 5.26 Å². The Morgan fingerprint density at radius 1 is 1.17 bits per heavy atom. The Kier molecular flexibility index (Phi) is 4.49. The molecule has 0 unspecified atom stereocenters. The van der Waals surface area contributed by atoms with E-state index in [9.17, 15) is 8.42 Å². The van der Waals surface area contributed by atoms with Crippen LogP contribution in [0.15, 0.2) is 47.6 Å². The number of benzene rings is 1. The largest absolute Gasteiger partial charge is 0.345 e. The van der Waals surface area contributed by atoms with E-state index in [2.05, 4.69) is 24.9 Å². The highest BCUT2D eigenvalue weighted by atomic mass is 32.2. The Bertz CT molecular complexity index is 1370. The molecular formula is C20H19N7O2S. The number of nitrogens with one attached hydrogen (secondary N) is 2. The fraction of sp³-hybridized carbons (Fsp3) is 0.300. The summed E-state index contributed by atoms with van der Waals surface area (Å²) in [6.07, 6.45) is 6.74. The molecule has 0 aliphatic heterocycles. The van der Waals surface area contributed by atoms with Crippen LogP contribution in [0.2, 0.25) is 0 Å². The van der Waals surface area contributed by atoms with Crippen LogP contribution < -0.4 is 4.72 Å². The van der Waals surface area contributed by atoms with Crippen LogP contribution in [0.5, 0.6) is 0 Å². The van der Waals surface area contributed by atoms with Crippen molar-refractivity contribution in [3.8, 4) is 6.07 Å². The quantitative estimate of drug-likeness (QED) is 0.521. The third-order valence-corrected chi connectivity index (χ3v) is 7.16. The summed E-state index contributed by atoms with van der Waals surface area (Å²) in [5, 5.41) is 17.6. The second-order valence-electron chi connectivity index (χ2n) is 7.54. The summed E-state index contributed by atoms with van der Waals surface area (Å²) in [6, 6.07) is 9.69. The maximum Gasteiger partial charge on any atom is 0.240 e. The van der Waals surface area contributed by atoms with Crippen LogP contribution in [0, 0.1) is 11.3 Å². The van der Waals surface area contributed by atoms with Crippen molar-refractivity contribution in [3.05, 3.63) is 54.1 Å². The molecule has 152 valence electrons. The lowest BCUT2D eigenvalue weighted by Gasteiger charge is -2.28. The van der Waals surface area contributed by atoms with E-state index in [4.69, 9.17) is 5.26 Å². The van der Waals surface area contributed by atoms with E-state index in [1.807, 2.05) is 22.7 Å². The summed E-state index contributed by atoms with van der Waals surface area (Å²) in [5.41, 5.74) is 2.78. The molecule has 3 aromatic heterocycles. The van der Waals surface area contributed by atoms with Crippen molar-refractivity contribution >= 4 is 26.8 Å². The van der Waals surface area contributed by atoms with Gasteiger partial charge < -0.3 is 4.98 Å². The third-order valence-electron chi connectivity index (χ3n) is 5.62. The molecule has 0 spiro atoms. The second kappa shape index (κ2) is 7.19. The molecule has 0 radical (unpaired) electrons. The van der Waals surface area contributed by atoms with Gasteiger partial charge in [-0.2, -0.15) is 5.26 Å². The van der Waals surface area contributed by atoms with Gasteiger partial charge in [0.25, 0.3) is 0 Å². The molecule has 4 aromatic rings. The SMILES string of the molecule is N#Cc1ccc(S(=O)(=O)N[C@H]2CCC[C@@H](c3nnc4cnc5[nH]ccc5n34)C2)cc1. The van der Waals surface area contributed by atoms with Crippen molar-refractivity contribution in [2.45, 2.75) is 42.5 Å². The van der Waals surface area contributed by atoms with Gasteiger partial charge in [-0.15, -0.1) is 10.2 Å². The van der Waals surface area contributed by atoms with E-state index < -0.39 is 10.0 Å². The summed E-state index contributed by atoms with van der Waals surface area (Å²) >= 11 is 0. The molecular weight excluding hydrogens is 402 g/mol. The first-order valence-electron chi connectivity index (χ1n) is 9.75. The zero-order chi connectivity index (χ0) is 20.7. The van der Waals surface area contributed by atoms with Crippen molar-refractivity contribution < 1.29 is 8.42 Å². The van der Waals surface area contributed by atoms with Crippen molar-refractivity contribution in [3.63, 3.8) is 0 Å². The van der Waals surface area contributed by atoms with Crippen molar-refractivity contribution in [2.75, 3.05) is 0 Å². The summed E-state index contributed by atoms with van der Waals surface area (Å²) < 4.78 is 30.4. The van der Waals surface area contributed by atoms with Crippen LogP contribution in [-0.4, -0.2) is 39.0 Å². The molecule has 0 saturated heterocycles. The first kappa shape index (κ1) is 18.7. The smallest absolute Gasteiger partial charge is 0.240 e. The molecule has 0 bridgehead atoms. The topological polar surface area (TPSA) is 129 Å². The number of aromatic nitrogens is 5. The Labute approximate surface area is 172 Å². The second-order valence-corrected chi connectivity index (χ2v) is 9.25. The van der Waals surface area contributed by atoms with Crippen molar-refractivity contribution in [1.82, 2.24) is 29.3 Å². The monoisotopic (exact) mass is 421 g/mol.